The minimum atomic E-state index is -1.13. The molecule has 0 aromatic carbocycles. The summed E-state index contributed by atoms with van der Waals surface area (Å²) in [6.45, 7) is 25.3. The standard InChI is InChI=1S/C53H94O5/c1-39(2)41-29-32-50(6)35-36-52(8)44(48(41)50)30-33-51(7)43-27-28-46(49(4,5)42(43)31-34-53(51,52)9)57-37-25-23-21-19-17-15-13-11-10-12-14-16-18-20-22-24-26-47(56)58-38-45(55)40(3)54/h41-48,55-56H,1,10-38H2,2-9H3. The SMILES string of the molecule is C=C(C)C1CCC2(C)CCC3(C)C(CCC4(C)C5CCC(OCCCCCCCCCCCCCCCCCCC(O)OCC(O)C(C)=O)C(C)(C)C5CCC34C)C12. The molecule has 5 heteroatoms. The second kappa shape index (κ2) is 21.1. The second-order valence-electron chi connectivity index (χ2n) is 22.9. The predicted octanol–water partition coefficient (Wildman–Crippen LogP) is 14.0. The van der Waals surface area contributed by atoms with E-state index in [1.807, 2.05) is 0 Å². The number of allylic oxidation sites excluding steroid dienone is 1. The van der Waals surface area contributed by atoms with Crippen molar-refractivity contribution in [3.8, 4) is 0 Å². The summed E-state index contributed by atoms with van der Waals surface area (Å²) in [5.74, 6) is 3.77. The minimum absolute atomic E-state index is 0.121. The summed E-state index contributed by atoms with van der Waals surface area (Å²) in [6.07, 6.45) is 33.7. The molecule has 5 aliphatic rings. The van der Waals surface area contributed by atoms with Crippen LogP contribution in [0.15, 0.2) is 12.2 Å². The maximum absolute atomic E-state index is 11.0. The number of hydrogen-bond donors (Lipinski definition) is 2. The normalized spacial score (nSPS) is 37.6. The topological polar surface area (TPSA) is 76.0 Å². The molecule has 0 aromatic rings. The molecule has 0 radical (unpaired) electrons. The largest absolute Gasteiger partial charge is 0.383 e. The van der Waals surface area contributed by atoms with Gasteiger partial charge in [0.15, 0.2) is 12.1 Å². The molecule has 0 spiro atoms. The van der Waals surface area contributed by atoms with Gasteiger partial charge in [0, 0.05) is 6.61 Å². The Morgan fingerprint density at radius 2 is 1.16 bits per heavy atom. The Kier molecular flexibility index (Phi) is 17.5. The van der Waals surface area contributed by atoms with Crippen LogP contribution in [0.2, 0.25) is 0 Å². The van der Waals surface area contributed by atoms with E-state index in [-0.39, 0.29) is 17.8 Å². The van der Waals surface area contributed by atoms with Crippen LogP contribution < -0.4 is 0 Å². The Balaban J connectivity index is 0.899. The summed E-state index contributed by atoms with van der Waals surface area (Å²) in [7, 11) is 0. The molecule has 12 atom stereocenters. The Labute approximate surface area is 358 Å². The van der Waals surface area contributed by atoms with Gasteiger partial charge in [0.25, 0.3) is 0 Å². The van der Waals surface area contributed by atoms with Crippen LogP contribution in [0.4, 0.5) is 0 Å². The minimum Gasteiger partial charge on any atom is -0.383 e. The zero-order valence-corrected chi connectivity index (χ0v) is 39.5. The monoisotopic (exact) mass is 811 g/mol. The lowest BCUT2D eigenvalue weighted by atomic mass is 9.31. The molecule has 5 fully saturated rings. The molecule has 336 valence electrons. The van der Waals surface area contributed by atoms with Gasteiger partial charge in [0.2, 0.25) is 0 Å². The number of ketones is 1. The van der Waals surface area contributed by atoms with Gasteiger partial charge in [-0.2, -0.15) is 0 Å². The number of aliphatic hydroxyl groups is 2. The van der Waals surface area contributed by atoms with Gasteiger partial charge in [0.05, 0.1) is 12.7 Å². The van der Waals surface area contributed by atoms with Crippen LogP contribution in [0.1, 0.15) is 229 Å². The van der Waals surface area contributed by atoms with E-state index < -0.39 is 12.4 Å². The fourth-order valence-electron chi connectivity index (χ4n) is 15.1. The van der Waals surface area contributed by atoms with Gasteiger partial charge in [-0.05, 0) is 154 Å². The molecule has 0 aliphatic heterocycles. The highest BCUT2D eigenvalue weighted by molar-refractivity contribution is 5.80. The maximum atomic E-state index is 11.0. The van der Waals surface area contributed by atoms with E-state index in [1.54, 1.807) is 0 Å². The zero-order chi connectivity index (χ0) is 42.2. The Hall–Kier alpha value is -0.750. The summed E-state index contributed by atoms with van der Waals surface area (Å²) in [6, 6.07) is 0. The second-order valence-corrected chi connectivity index (χ2v) is 22.9. The Morgan fingerprint density at radius 1 is 0.621 bits per heavy atom. The molecule has 0 heterocycles. The van der Waals surface area contributed by atoms with E-state index >= 15 is 0 Å². The third-order valence-corrected chi connectivity index (χ3v) is 19.2. The molecule has 0 aromatic heterocycles. The molecule has 12 unspecified atom stereocenters. The first kappa shape index (κ1) is 48.3. The summed E-state index contributed by atoms with van der Waals surface area (Å²) in [4.78, 5) is 11.0. The van der Waals surface area contributed by atoms with Crippen molar-refractivity contribution < 1.29 is 24.5 Å². The Bertz CT molecular complexity index is 1290. The fraction of sp³-hybridized carbons (Fsp3) is 0.943. The van der Waals surface area contributed by atoms with E-state index in [0.717, 1.165) is 49.0 Å². The third-order valence-electron chi connectivity index (χ3n) is 19.2. The highest BCUT2D eigenvalue weighted by Crippen LogP contribution is 2.78. The number of carbonyl (C=O) groups excluding carboxylic acids is 1. The molecular weight excluding hydrogens is 717 g/mol. The Morgan fingerprint density at radius 3 is 1.72 bits per heavy atom. The van der Waals surface area contributed by atoms with Gasteiger partial charge in [-0.15, -0.1) is 0 Å². The number of ether oxygens (including phenoxy) is 2. The number of fused-ring (bicyclic) bond motifs is 7. The molecule has 0 bridgehead atoms. The summed E-state index contributed by atoms with van der Waals surface area (Å²) in [5.41, 5.74) is 3.59. The lowest BCUT2D eigenvalue weighted by molar-refractivity contribution is -0.260. The molecule has 5 nitrogen and oxygen atoms in total. The van der Waals surface area contributed by atoms with E-state index in [0.29, 0.717) is 34.2 Å². The van der Waals surface area contributed by atoms with Crippen LogP contribution in [-0.4, -0.2) is 47.7 Å². The molecule has 0 saturated heterocycles. The number of rotatable bonds is 25. The summed E-state index contributed by atoms with van der Waals surface area (Å²) >= 11 is 0. The van der Waals surface area contributed by atoms with Crippen molar-refractivity contribution in [3.63, 3.8) is 0 Å². The highest BCUT2D eigenvalue weighted by atomic mass is 16.6. The lowest BCUT2D eigenvalue weighted by Gasteiger charge is -2.74. The van der Waals surface area contributed by atoms with Gasteiger partial charge < -0.3 is 19.7 Å². The predicted molar refractivity (Wildman–Crippen MR) is 242 cm³/mol. The van der Waals surface area contributed by atoms with Gasteiger partial charge in [-0.1, -0.05) is 144 Å². The molecular formula is C53H94O5. The van der Waals surface area contributed by atoms with Crippen LogP contribution in [0, 0.1) is 56.7 Å². The van der Waals surface area contributed by atoms with Gasteiger partial charge >= 0.3 is 0 Å². The van der Waals surface area contributed by atoms with Gasteiger partial charge in [0.1, 0.15) is 6.10 Å². The van der Waals surface area contributed by atoms with Crippen LogP contribution in [0.5, 0.6) is 0 Å². The van der Waals surface area contributed by atoms with E-state index in [1.165, 1.54) is 167 Å². The van der Waals surface area contributed by atoms with Crippen molar-refractivity contribution in [1.82, 2.24) is 0 Å². The highest BCUT2D eigenvalue weighted by Gasteiger charge is 2.71. The van der Waals surface area contributed by atoms with E-state index in [4.69, 9.17) is 9.47 Å². The van der Waals surface area contributed by atoms with Crippen LogP contribution in [0.25, 0.3) is 0 Å². The van der Waals surface area contributed by atoms with Gasteiger partial charge in [-0.3, -0.25) is 4.79 Å². The van der Waals surface area contributed by atoms with E-state index in [2.05, 4.69) is 55.0 Å². The molecule has 5 aliphatic carbocycles. The van der Waals surface area contributed by atoms with Crippen molar-refractivity contribution in [2.24, 2.45) is 56.7 Å². The van der Waals surface area contributed by atoms with Crippen molar-refractivity contribution in [3.05, 3.63) is 12.2 Å². The van der Waals surface area contributed by atoms with Crippen molar-refractivity contribution in [2.45, 2.75) is 247 Å². The van der Waals surface area contributed by atoms with E-state index in [9.17, 15) is 15.0 Å². The van der Waals surface area contributed by atoms with Crippen molar-refractivity contribution >= 4 is 5.78 Å². The van der Waals surface area contributed by atoms with Crippen LogP contribution >= 0.6 is 0 Å². The average Bonchev–Trinajstić information content (AvgIpc) is 3.53. The molecule has 5 saturated carbocycles. The first-order valence-corrected chi connectivity index (χ1v) is 25.3. The molecule has 2 N–H and O–H groups in total. The zero-order valence-electron chi connectivity index (χ0n) is 39.5. The number of unbranched alkanes of at least 4 members (excludes halogenated alkanes) is 15. The molecule has 0 amide bonds. The smallest absolute Gasteiger partial charge is 0.160 e. The maximum Gasteiger partial charge on any atom is 0.160 e. The summed E-state index contributed by atoms with van der Waals surface area (Å²) < 4.78 is 12.0. The lowest BCUT2D eigenvalue weighted by Crippen LogP contribution is -2.67. The van der Waals surface area contributed by atoms with Crippen molar-refractivity contribution in [1.29, 1.82) is 0 Å². The number of carbonyl (C=O) groups is 1. The molecule has 58 heavy (non-hydrogen) atoms. The first-order chi connectivity index (χ1) is 27.5. The molecule has 5 rings (SSSR count). The van der Waals surface area contributed by atoms with Crippen LogP contribution in [-0.2, 0) is 14.3 Å². The van der Waals surface area contributed by atoms with Crippen molar-refractivity contribution in [2.75, 3.05) is 13.2 Å². The summed E-state index contributed by atoms with van der Waals surface area (Å²) in [5, 5.41) is 19.3. The average molecular weight is 811 g/mol. The number of Topliss-reactive ketones (excluding diaryl/α,β-unsaturated/α-hetero) is 1. The first-order valence-electron chi connectivity index (χ1n) is 25.3. The fourth-order valence-corrected chi connectivity index (χ4v) is 15.1. The van der Waals surface area contributed by atoms with Crippen LogP contribution in [0.3, 0.4) is 0 Å². The quantitative estimate of drug-likeness (QED) is 0.0546. The number of aliphatic hydroxyl groups excluding tert-OH is 2. The number of hydrogen-bond acceptors (Lipinski definition) is 5. The van der Waals surface area contributed by atoms with Gasteiger partial charge in [-0.25, -0.2) is 0 Å². The third kappa shape index (κ3) is 10.5.